The lowest BCUT2D eigenvalue weighted by atomic mass is 9.80. The standard InChI is InChI=1S/C21H27N5O6/c1-12-15(3-2-4-16(12)26(31)32)24-5-7-25(8-6-24)19(28)17-13(20(29)30)9-21(11-23-17)10-14(21)18(22)27/h2-4,13-14,17,23H,5-11H2,1H3,(H2,22,27)(H,29,30). The van der Waals surface area contributed by atoms with Gasteiger partial charge in [-0.05, 0) is 31.2 Å². The monoisotopic (exact) mass is 445 g/mol. The summed E-state index contributed by atoms with van der Waals surface area (Å²) in [5.74, 6) is -3.00. The first kappa shape index (κ1) is 22.0. The largest absolute Gasteiger partial charge is 0.481 e. The van der Waals surface area contributed by atoms with Crippen molar-refractivity contribution in [3.63, 3.8) is 0 Å². The minimum atomic E-state index is -1.06. The van der Waals surface area contributed by atoms with Crippen LogP contribution in [0, 0.1) is 34.3 Å². The fourth-order valence-corrected chi connectivity index (χ4v) is 5.26. The molecule has 0 bridgehead atoms. The first-order valence-corrected chi connectivity index (χ1v) is 10.7. The van der Waals surface area contributed by atoms with E-state index in [1.54, 1.807) is 17.9 Å². The van der Waals surface area contributed by atoms with Crippen LogP contribution in [0.25, 0.3) is 0 Å². The Balaban J connectivity index is 1.41. The normalized spacial score (nSPS) is 29.6. The van der Waals surface area contributed by atoms with E-state index >= 15 is 0 Å². The number of carbonyl (C=O) groups excluding carboxylic acids is 2. The van der Waals surface area contributed by atoms with Gasteiger partial charge in [-0.3, -0.25) is 24.5 Å². The summed E-state index contributed by atoms with van der Waals surface area (Å²) >= 11 is 0. The Hall–Kier alpha value is -3.21. The number of nitrogens with one attached hydrogen (secondary N) is 1. The van der Waals surface area contributed by atoms with Crippen molar-refractivity contribution in [2.75, 3.05) is 37.6 Å². The zero-order valence-electron chi connectivity index (χ0n) is 17.8. The van der Waals surface area contributed by atoms with Crippen LogP contribution in [0.5, 0.6) is 0 Å². The van der Waals surface area contributed by atoms with E-state index in [1.807, 2.05) is 11.0 Å². The number of nitrogens with zero attached hydrogens (tertiary/aromatic N) is 3. The number of nitro benzene ring substituents is 1. The lowest BCUT2D eigenvalue weighted by Gasteiger charge is -2.41. The third kappa shape index (κ3) is 3.77. The molecule has 2 heterocycles. The summed E-state index contributed by atoms with van der Waals surface area (Å²) in [6.07, 6.45) is 0.813. The lowest BCUT2D eigenvalue weighted by molar-refractivity contribution is -0.385. The SMILES string of the molecule is Cc1c(N2CCN(C(=O)C3NCC4(CC3C(=O)O)CC4C(N)=O)CC2)cccc1[N+](=O)[O-]. The van der Waals surface area contributed by atoms with Crippen LogP contribution in [-0.2, 0) is 14.4 Å². The van der Waals surface area contributed by atoms with Crippen molar-refractivity contribution in [2.24, 2.45) is 23.0 Å². The molecule has 11 heteroatoms. The van der Waals surface area contributed by atoms with E-state index in [-0.39, 0.29) is 23.9 Å². The van der Waals surface area contributed by atoms with Crippen molar-refractivity contribution in [3.8, 4) is 0 Å². The molecule has 0 aromatic heterocycles. The van der Waals surface area contributed by atoms with Gasteiger partial charge in [0.25, 0.3) is 5.69 Å². The number of primary amides is 1. The average Bonchev–Trinajstić information content (AvgIpc) is 3.46. The minimum Gasteiger partial charge on any atom is -0.481 e. The number of carboxylic acid groups (broad SMARTS) is 1. The molecule has 1 aliphatic carbocycles. The molecule has 32 heavy (non-hydrogen) atoms. The van der Waals surface area contributed by atoms with Gasteiger partial charge in [-0.1, -0.05) is 6.07 Å². The number of nitro groups is 1. The molecule has 1 aromatic rings. The van der Waals surface area contributed by atoms with Gasteiger partial charge in [-0.15, -0.1) is 0 Å². The number of nitrogens with two attached hydrogens (primary N) is 1. The van der Waals surface area contributed by atoms with E-state index in [4.69, 9.17) is 5.73 Å². The molecule has 4 atom stereocenters. The third-order valence-corrected chi connectivity index (χ3v) is 7.22. The number of carbonyl (C=O) groups is 3. The van der Waals surface area contributed by atoms with Gasteiger partial charge in [0.15, 0.2) is 0 Å². The minimum absolute atomic E-state index is 0.0555. The number of piperidine rings is 1. The number of carboxylic acids is 1. The van der Waals surface area contributed by atoms with E-state index in [0.717, 1.165) is 5.69 Å². The van der Waals surface area contributed by atoms with Crippen molar-refractivity contribution < 1.29 is 24.4 Å². The molecule has 172 valence electrons. The molecule has 0 radical (unpaired) electrons. The highest BCUT2D eigenvalue weighted by Gasteiger charge is 2.62. The summed E-state index contributed by atoms with van der Waals surface area (Å²) < 4.78 is 0. The van der Waals surface area contributed by atoms with Crippen LogP contribution >= 0.6 is 0 Å². The Morgan fingerprint density at radius 1 is 1.22 bits per heavy atom. The topological polar surface area (TPSA) is 159 Å². The van der Waals surface area contributed by atoms with Crippen molar-refractivity contribution in [1.82, 2.24) is 10.2 Å². The number of benzene rings is 1. The Kier molecular flexibility index (Phi) is 5.53. The maximum atomic E-state index is 13.2. The van der Waals surface area contributed by atoms with Crippen LogP contribution < -0.4 is 16.0 Å². The molecule has 4 rings (SSSR count). The molecule has 4 unspecified atom stereocenters. The van der Waals surface area contributed by atoms with Gasteiger partial charge in [0.2, 0.25) is 11.8 Å². The Bertz CT molecular complexity index is 975. The summed E-state index contributed by atoms with van der Waals surface area (Å²) in [5, 5.41) is 24.1. The van der Waals surface area contributed by atoms with Crippen molar-refractivity contribution in [2.45, 2.75) is 25.8 Å². The molecule has 3 aliphatic rings. The molecular formula is C21H27N5O6. The van der Waals surface area contributed by atoms with Gasteiger partial charge < -0.3 is 26.0 Å². The van der Waals surface area contributed by atoms with Gasteiger partial charge >= 0.3 is 5.97 Å². The van der Waals surface area contributed by atoms with Gasteiger partial charge in [0.05, 0.1) is 16.4 Å². The summed E-state index contributed by atoms with van der Waals surface area (Å²) in [7, 11) is 0. The second kappa shape index (κ2) is 8.05. The van der Waals surface area contributed by atoms with Gasteiger partial charge in [-0.2, -0.15) is 0 Å². The zero-order chi connectivity index (χ0) is 23.2. The first-order valence-electron chi connectivity index (χ1n) is 10.7. The maximum Gasteiger partial charge on any atom is 0.308 e. The molecule has 1 saturated carbocycles. The van der Waals surface area contributed by atoms with Crippen LogP contribution in [0.1, 0.15) is 18.4 Å². The molecule has 1 spiro atoms. The molecule has 1 aromatic carbocycles. The van der Waals surface area contributed by atoms with Crippen LogP contribution in [0.3, 0.4) is 0 Å². The lowest BCUT2D eigenvalue weighted by Crippen LogP contribution is -2.60. The highest BCUT2D eigenvalue weighted by molar-refractivity contribution is 5.89. The number of hydrogen-bond acceptors (Lipinski definition) is 7. The predicted octanol–water partition coefficient (Wildman–Crippen LogP) is 0.106. The second-order valence-corrected chi connectivity index (χ2v) is 9.02. The summed E-state index contributed by atoms with van der Waals surface area (Å²) in [6, 6.07) is 4.09. The highest BCUT2D eigenvalue weighted by Crippen LogP contribution is 2.58. The van der Waals surface area contributed by atoms with E-state index in [2.05, 4.69) is 5.32 Å². The molecule has 3 fully saturated rings. The van der Waals surface area contributed by atoms with Gasteiger partial charge in [0, 0.05) is 50.4 Å². The molecule has 2 amide bonds. The van der Waals surface area contributed by atoms with Crippen molar-refractivity contribution >= 4 is 29.2 Å². The summed E-state index contributed by atoms with van der Waals surface area (Å²) in [6.45, 7) is 3.87. The van der Waals surface area contributed by atoms with E-state index in [9.17, 15) is 29.6 Å². The molecule has 2 saturated heterocycles. The number of rotatable bonds is 5. The van der Waals surface area contributed by atoms with E-state index in [1.165, 1.54) is 6.07 Å². The average molecular weight is 445 g/mol. The molecule has 11 nitrogen and oxygen atoms in total. The smallest absolute Gasteiger partial charge is 0.308 e. The second-order valence-electron chi connectivity index (χ2n) is 9.02. The number of amides is 2. The fourth-order valence-electron chi connectivity index (χ4n) is 5.26. The number of aliphatic carboxylic acids is 1. The summed E-state index contributed by atoms with van der Waals surface area (Å²) in [5.41, 5.74) is 6.35. The number of anilines is 1. The van der Waals surface area contributed by atoms with Crippen molar-refractivity contribution in [1.29, 1.82) is 0 Å². The maximum absolute atomic E-state index is 13.2. The molecule has 2 aliphatic heterocycles. The van der Waals surface area contributed by atoms with E-state index < -0.39 is 34.2 Å². The Labute approximate surface area is 184 Å². The molecular weight excluding hydrogens is 418 g/mol. The Morgan fingerprint density at radius 2 is 1.91 bits per heavy atom. The van der Waals surface area contributed by atoms with Gasteiger partial charge in [0.1, 0.15) is 6.04 Å². The predicted molar refractivity (Wildman–Crippen MR) is 114 cm³/mol. The van der Waals surface area contributed by atoms with Crippen molar-refractivity contribution in [3.05, 3.63) is 33.9 Å². The quantitative estimate of drug-likeness (QED) is 0.425. The summed E-state index contributed by atoms with van der Waals surface area (Å²) in [4.78, 5) is 51.1. The first-order chi connectivity index (χ1) is 15.1. The number of hydrogen-bond donors (Lipinski definition) is 3. The Morgan fingerprint density at radius 3 is 2.47 bits per heavy atom. The molecule has 4 N–H and O–H groups in total. The highest BCUT2D eigenvalue weighted by atomic mass is 16.6. The zero-order valence-corrected chi connectivity index (χ0v) is 17.8. The van der Waals surface area contributed by atoms with Crippen LogP contribution in [0.2, 0.25) is 0 Å². The van der Waals surface area contributed by atoms with Crippen LogP contribution in [0.15, 0.2) is 18.2 Å². The van der Waals surface area contributed by atoms with Gasteiger partial charge in [-0.25, -0.2) is 0 Å². The van der Waals surface area contributed by atoms with Crippen LogP contribution in [0.4, 0.5) is 11.4 Å². The number of piperazine rings is 1. The van der Waals surface area contributed by atoms with Crippen LogP contribution in [-0.4, -0.2) is 71.5 Å². The van der Waals surface area contributed by atoms with E-state index in [0.29, 0.717) is 44.7 Å². The third-order valence-electron chi connectivity index (χ3n) is 7.22. The fraction of sp³-hybridized carbons (Fsp3) is 0.571.